The number of nitrogens with zero attached hydrogens (tertiary/aromatic N) is 4. The molecule has 0 aliphatic carbocycles. The van der Waals surface area contributed by atoms with Gasteiger partial charge in [-0.15, -0.1) is 0 Å². The SMILES string of the molecule is C[C@H](C(=O)N1CCN([C@@H](C#N)c2ccccc2)CC1)n1cccc1. The van der Waals surface area contributed by atoms with Crippen LogP contribution in [0.2, 0.25) is 0 Å². The number of benzene rings is 1. The van der Waals surface area contributed by atoms with Crippen molar-refractivity contribution in [2.24, 2.45) is 0 Å². The number of amides is 1. The quantitative estimate of drug-likeness (QED) is 0.869. The molecule has 1 amide bonds. The highest BCUT2D eigenvalue weighted by atomic mass is 16.2. The fraction of sp³-hybridized carbons (Fsp3) is 0.368. The zero-order valence-electron chi connectivity index (χ0n) is 13.9. The van der Waals surface area contributed by atoms with Gasteiger partial charge in [0.25, 0.3) is 0 Å². The van der Waals surface area contributed by atoms with E-state index >= 15 is 0 Å². The Labute approximate surface area is 142 Å². The van der Waals surface area contributed by atoms with E-state index in [0.717, 1.165) is 18.7 Å². The highest BCUT2D eigenvalue weighted by Crippen LogP contribution is 2.22. The Morgan fingerprint density at radius 2 is 1.67 bits per heavy atom. The molecule has 124 valence electrons. The highest BCUT2D eigenvalue weighted by molar-refractivity contribution is 5.80. The lowest BCUT2D eigenvalue weighted by Gasteiger charge is -2.38. The van der Waals surface area contributed by atoms with Crippen LogP contribution in [0, 0.1) is 11.3 Å². The van der Waals surface area contributed by atoms with Gasteiger partial charge in [0.1, 0.15) is 12.1 Å². The van der Waals surface area contributed by atoms with Gasteiger partial charge < -0.3 is 9.47 Å². The third-order valence-electron chi connectivity index (χ3n) is 4.66. The van der Waals surface area contributed by atoms with Crippen molar-refractivity contribution in [1.29, 1.82) is 5.26 Å². The molecule has 24 heavy (non-hydrogen) atoms. The number of hydrogen-bond acceptors (Lipinski definition) is 3. The summed E-state index contributed by atoms with van der Waals surface area (Å²) in [6, 6.07) is 15.7. The van der Waals surface area contributed by atoms with Crippen molar-refractivity contribution in [2.75, 3.05) is 26.2 Å². The maximum Gasteiger partial charge on any atom is 0.245 e. The van der Waals surface area contributed by atoms with Crippen LogP contribution in [0.1, 0.15) is 24.6 Å². The molecule has 0 saturated carbocycles. The largest absolute Gasteiger partial charge is 0.342 e. The Kier molecular flexibility index (Phi) is 4.97. The molecule has 1 aliphatic rings. The van der Waals surface area contributed by atoms with E-state index in [9.17, 15) is 10.1 Å². The maximum absolute atomic E-state index is 12.6. The first-order valence-electron chi connectivity index (χ1n) is 8.30. The van der Waals surface area contributed by atoms with E-state index in [1.54, 1.807) is 0 Å². The van der Waals surface area contributed by atoms with Crippen molar-refractivity contribution in [3.05, 3.63) is 60.4 Å². The molecular formula is C19H22N4O. The van der Waals surface area contributed by atoms with Gasteiger partial charge in [-0.05, 0) is 24.6 Å². The zero-order chi connectivity index (χ0) is 16.9. The molecule has 5 nitrogen and oxygen atoms in total. The second kappa shape index (κ2) is 7.33. The van der Waals surface area contributed by atoms with Crippen LogP contribution >= 0.6 is 0 Å². The van der Waals surface area contributed by atoms with Crippen molar-refractivity contribution in [1.82, 2.24) is 14.4 Å². The predicted octanol–water partition coefficient (Wildman–Crippen LogP) is 2.46. The summed E-state index contributed by atoms with van der Waals surface area (Å²) in [5.74, 6) is 0.138. The minimum absolute atomic E-state index is 0.138. The second-order valence-corrected chi connectivity index (χ2v) is 6.11. The van der Waals surface area contributed by atoms with Gasteiger partial charge in [0, 0.05) is 38.6 Å². The van der Waals surface area contributed by atoms with E-state index < -0.39 is 0 Å². The standard InChI is InChI=1S/C19H22N4O/c1-16(21-9-5-6-10-21)19(24)23-13-11-22(12-14-23)18(15-20)17-7-3-2-4-8-17/h2-10,16,18H,11-14H2,1H3/t16-,18+/m1/s1. The van der Waals surface area contributed by atoms with Crippen molar-refractivity contribution >= 4 is 5.91 Å². The minimum Gasteiger partial charge on any atom is -0.342 e. The molecule has 1 aromatic heterocycles. The normalized spacial score (nSPS) is 17.9. The molecule has 2 aromatic rings. The van der Waals surface area contributed by atoms with Crippen LogP contribution in [0.5, 0.6) is 0 Å². The molecular weight excluding hydrogens is 300 g/mol. The van der Waals surface area contributed by atoms with Gasteiger partial charge >= 0.3 is 0 Å². The first-order chi connectivity index (χ1) is 11.7. The Morgan fingerprint density at radius 1 is 1.04 bits per heavy atom. The van der Waals surface area contributed by atoms with Crippen LogP contribution in [0.15, 0.2) is 54.9 Å². The van der Waals surface area contributed by atoms with Gasteiger partial charge in [0.15, 0.2) is 0 Å². The third kappa shape index (κ3) is 3.34. The van der Waals surface area contributed by atoms with Crippen molar-refractivity contribution in [3.63, 3.8) is 0 Å². The second-order valence-electron chi connectivity index (χ2n) is 6.11. The van der Waals surface area contributed by atoms with E-state index in [1.807, 2.05) is 71.2 Å². The van der Waals surface area contributed by atoms with Crippen LogP contribution in [-0.2, 0) is 4.79 Å². The summed E-state index contributed by atoms with van der Waals surface area (Å²) in [6.07, 6.45) is 3.83. The smallest absolute Gasteiger partial charge is 0.245 e. The molecule has 0 N–H and O–H groups in total. The molecule has 0 bridgehead atoms. The molecule has 3 rings (SSSR count). The fourth-order valence-electron chi connectivity index (χ4n) is 3.20. The first kappa shape index (κ1) is 16.3. The van der Waals surface area contributed by atoms with Crippen LogP contribution in [-0.4, -0.2) is 46.5 Å². The topological polar surface area (TPSA) is 52.3 Å². The van der Waals surface area contributed by atoms with Crippen molar-refractivity contribution in [2.45, 2.75) is 19.0 Å². The van der Waals surface area contributed by atoms with E-state index in [4.69, 9.17) is 0 Å². The average Bonchev–Trinajstić information content (AvgIpc) is 3.17. The van der Waals surface area contributed by atoms with Gasteiger partial charge in [-0.25, -0.2) is 0 Å². The molecule has 5 heteroatoms. The minimum atomic E-state index is -0.245. The Hall–Kier alpha value is -2.58. The summed E-state index contributed by atoms with van der Waals surface area (Å²) in [6.45, 7) is 4.69. The number of aromatic nitrogens is 1. The molecule has 0 spiro atoms. The van der Waals surface area contributed by atoms with Crippen LogP contribution in [0.4, 0.5) is 0 Å². The summed E-state index contributed by atoms with van der Waals surface area (Å²) in [5.41, 5.74) is 1.01. The monoisotopic (exact) mass is 322 g/mol. The highest BCUT2D eigenvalue weighted by Gasteiger charge is 2.29. The van der Waals surface area contributed by atoms with Gasteiger partial charge in [-0.3, -0.25) is 9.69 Å². The molecule has 1 saturated heterocycles. The van der Waals surface area contributed by atoms with E-state index in [-0.39, 0.29) is 18.0 Å². The van der Waals surface area contributed by atoms with Gasteiger partial charge in [-0.1, -0.05) is 30.3 Å². The van der Waals surface area contributed by atoms with Crippen molar-refractivity contribution in [3.8, 4) is 6.07 Å². The Morgan fingerprint density at radius 3 is 2.25 bits per heavy atom. The Bertz CT molecular complexity index is 697. The lowest BCUT2D eigenvalue weighted by Crippen LogP contribution is -2.50. The average molecular weight is 322 g/mol. The summed E-state index contributed by atoms with van der Waals surface area (Å²) in [7, 11) is 0. The molecule has 2 atom stereocenters. The number of hydrogen-bond donors (Lipinski definition) is 0. The summed E-state index contributed by atoms with van der Waals surface area (Å²) in [5, 5.41) is 9.54. The maximum atomic E-state index is 12.6. The third-order valence-corrected chi connectivity index (χ3v) is 4.66. The van der Waals surface area contributed by atoms with Crippen LogP contribution in [0.25, 0.3) is 0 Å². The molecule has 2 heterocycles. The first-order valence-corrected chi connectivity index (χ1v) is 8.30. The van der Waals surface area contributed by atoms with Gasteiger partial charge in [0.05, 0.1) is 6.07 Å². The molecule has 1 aliphatic heterocycles. The zero-order valence-corrected chi connectivity index (χ0v) is 13.9. The van der Waals surface area contributed by atoms with E-state index in [0.29, 0.717) is 13.1 Å². The van der Waals surface area contributed by atoms with Gasteiger partial charge in [-0.2, -0.15) is 5.26 Å². The summed E-state index contributed by atoms with van der Waals surface area (Å²) in [4.78, 5) is 16.7. The summed E-state index contributed by atoms with van der Waals surface area (Å²) >= 11 is 0. The molecule has 0 unspecified atom stereocenters. The lowest BCUT2D eigenvalue weighted by atomic mass is 10.1. The molecule has 1 fully saturated rings. The molecule has 1 aromatic carbocycles. The lowest BCUT2D eigenvalue weighted by molar-refractivity contribution is -0.136. The predicted molar refractivity (Wildman–Crippen MR) is 92.1 cm³/mol. The number of carbonyl (C=O) groups excluding carboxylic acids is 1. The number of piperazine rings is 1. The Balaban J connectivity index is 1.61. The number of rotatable bonds is 4. The molecule has 0 radical (unpaired) electrons. The van der Waals surface area contributed by atoms with Crippen LogP contribution < -0.4 is 0 Å². The van der Waals surface area contributed by atoms with Crippen LogP contribution in [0.3, 0.4) is 0 Å². The van der Waals surface area contributed by atoms with Gasteiger partial charge in [0.2, 0.25) is 5.91 Å². The van der Waals surface area contributed by atoms with E-state index in [2.05, 4.69) is 11.0 Å². The number of nitriles is 1. The summed E-state index contributed by atoms with van der Waals surface area (Å²) < 4.78 is 1.93. The van der Waals surface area contributed by atoms with E-state index in [1.165, 1.54) is 0 Å². The fourth-order valence-corrected chi connectivity index (χ4v) is 3.20. The van der Waals surface area contributed by atoms with Crippen molar-refractivity contribution < 1.29 is 4.79 Å². The number of carbonyl (C=O) groups is 1.